The van der Waals surface area contributed by atoms with Crippen molar-refractivity contribution in [2.45, 2.75) is 148 Å². The fourth-order valence-electron chi connectivity index (χ4n) is 5.24. The quantitative estimate of drug-likeness (QED) is 0.0160. The van der Waals surface area contributed by atoms with E-state index in [1.165, 1.54) is 44.9 Å². The molecule has 11 heteroatoms. The predicted molar refractivity (Wildman–Crippen MR) is 251 cm³/mol. The van der Waals surface area contributed by atoms with E-state index in [-0.39, 0.29) is 26.1 Å². The van der Waals surface area contributed by atoms with Crippen molar-refractivity contribution in [3.63, 3.8) is 0 Å². The number of likely N-dealkylation sites (N-methyl/N-ethyl adjacent to an activating group) is 1. The number of quaternary nitrogens is 1. The van der Waals surface area contributed by atoms with Crippen molar-refractivity contribution in [2.24, 2.45) is 0 Å². The molecule has 0 aromatic carbocycles. The molecule has 0 fully saturated rings. The summed E-state index contributed by atoms with van der Waals surface area (Å²) >= 11 is 0. The van der Waals surface area contributed by atoms with E-state index >= 15 is 0 Å². The summed E-state index contributed by atoms with van der Waals surface area (Å²) in [6.07, 6.45) is 51.7. The summed E-state index contributed by atoms with van der Waals surface area (Å²) in [4.78, 5) is 37.5. The van der Waals surface area contributed by atoms with Crippen molar-refractivity contribution in [3.05, 3.63) is 109 Å². The predicted octanol–water partition coefficient (Wildman–Crippen LogP) is 11.5. The molecule has 10 nitrogen and oxygen atoms in total. The molecule has 0 aliphatic rings. The summed E-state index contributed by atoms with van der Waals surface area (Å²) in [5, 5.41) is 10.0. The van der Waals surface area contributed by atoms with Crippen LogP contribution in [-0.2, 0) is 32.7 Å². The Hall–Kier alpha value is -3.37. The second-order valence-corrected chi connectivity index (χ2v) is 17.3. The van der Waals surface area contributed by atoms with Gasteiger partial charge in [-0.1, -0.05) is 149 Å². The second-order valence-electron chi connectivity index (χ2n) is 15.9. The lowest BCUT2D eigenvalue weighted by molar-refractivity contribution is -0.870. The summed E-state index contributed by atoms with van der Waals surface area (Å²) in [5.74, 6) is -1.05. The third-order valence-corrected chi connectivity index (χ3v) is 9.82. The SMILES string of the molecule is CCCCC/C=C\C/C=C\C/C=C\C/C=C\C/C=C\CCC(=O)O[C@H](COC(=O)CCC/C=C\C/C=C\C=C\[C@H](O)C/C=C\CCCCC)COP(=O)([O-])OCC[N+](C)(C)C. The van der Waals surface area contributed by atoms with Crippen LogP contribution < -0.4 is 4.89 Å². The number of aliphatic hydroxyl groups excluding tert-OH is 1. The number of esters is 2. The third-order valence-electron chi connectivity index (χ3n) is 8.86. The molecule has 0 saturated heterocycles. The smallest absolute Gasteiger partial charge is 0.306 e. The summed E-state index contributed by atoms with van der Waals surface area (Å²) in [6, 6.07) is 0. The van der Waals surface area contributed by atoms with E-state index < -0.39 is 38.6 Å². The van der Waals surface area contributed by atoms with E-state index in [1.807, 2.05) is 69.8 Å². The van der Waals surface area contributed by atoms with Gasteiger partial charge in [0.2, 0.25) is 0 Å². The Balaban J connectivity index is 4.65. The average Bonchev–Trinajstić information content (AvgIpc) is 3.21. The van der Waals surface area contributed by atoms with Gasteiger partial charge in [-0.05, 0) is 83.5 Å². The van der Waals surface area contributed by atoms with Crippen LogP contribution in [0.3, 0.4) is 0 Å². The minimum atomic E-state index is -4.68. The van der Waals surface area contributed by atoms with Crippen LogP contribution in [0.2, 0.25) is 0 Å². The molecular formula is C50H82NO9P. The van der Waals surface area contributed by atoms with Crippen molar-refractivity contribution in [1.82, 2.24) is 0 Å². The highest BCUT2D eigenvalue weighted by atomic mass is 31.2. The number of carbonyl (C=O) groups is 2. The first-order valence-electron chi connectivity index (χ1n) is 22.7. The zero-order valence-corrected chi connectivity index (χ0v) is 39.3. The highest BCUT2D eigenvalue weighted by Crippen LogP contribution is 2.38. The number of unbranched alkanes of at least 4 members (excludes halogenated alkanes) is 7. The van der Waals surface area contributed by atoms with Gasteiger partial charge in [0.25, 0.3) is 7.82 Å². The van der Waals surface area contributed by atoms with Gasteiger partial charge in [0.05, 0.1) is 33.9 Å². The first-order chi connectivity index (χ1) is 29.4. The topological polar surface area (TPSA) is 131 Å². The number of aliphatic hydroxyl groups is 1. The van der Waals surface area contributed by atoms with Crippen molar-refractivity contribution in [1.29, 1.82) is 0 Å². The van der Waals surface area contributed by atoms with Gasteiger partial charge in [-0.25, -0.2) is 0 Å². The molecule has 0 radical (unpaired) electrons. The molecular weight excluding hydrogens is 790 g/mol. The summed E-state index contributed by atoms with van der Waals surface area (Å²) in [7, 11) is 1.04. The Bertz CT molecular complexity index is 1420. The lowest BCUT2D eigenvalue weighted by atomic mass is 10.1. The Morgan fingerprint density at radius 3 is 1.67 bits per heavy atom. The van der Waals surface area contributed by atoms with Gasteiger partial charge < -0.3 is 33.0 Å². The molecule has 1 N–H and O–H groups in total. The van der Waals surface area contributed by atoms with E-state index in [0.717, 1.165) is 38.5 Å². The van der Waals surface area contributed by atoms with E-state index in [2.05, 4.69) is 68.5 Å². The van der Waals surface area contributed by atoms with Crippen LogP contribution >= 0.6 is 7.82 Å². The van der Waals surface area contributed by atoms with Gasteiger partial charge in [0, 0.05) is 12.8 Å². The molecule has 0 bridgehead atoms. The van der Waals surface area contributed by atoms with Crippen molar-refractivity contribution >= 4 is 19.8 Å². The van der Waals surface area contributed by atoms with Crippen LogP contribution in [0.5, 0.6) is 0 Å². The Kier molecular flexibility index (Phi) is 38.4. The first kappa shape index (κ1) is 57.6. The molecule has 0 rings (SSSR count). The van der Waals surface area contributed by atoms with Crippen LogP contribution in [-0.4, -0.2) is 81.2 Å². The van der Waals surface area contributed by atoms with Crippen LogP contribution in [0.4, 0.5) is 0 Å². The van der Waals surface area contributed by atoms with E-state index in [1.54, 1.807) is 6.08 Å². The number of phosphoric acid groups is 1. The van der Waals surface area contributed by atoms with Gasteiger partial charge in [0.1, 0.15) is 19.8 Å². The number of ether oxygens (including phenoxy) is 2. The van der Waals surface area contributed by atoms with Gasteiger partial charge in [-0.3, -0.25) is 14.2 Å². The maximum Gasteiger partial charge on any atom is 0.306 e. The van der Waals surface area contributed by atoms with E-state index in [4.69, 9.17) is 18.5 Å². The summed E-state index contributed by atoms with van der Waals surface area (Å²) in [5.41, 5.74) is 0. The van der Waals surface area contributed by atoms with Gasteiger partial charge >= 0.3 is 11.9 Å². The van der Waals surface area contributed by atoms with Crippen molar-refractivity contribution in [3.8, 4) is 0 Å². The van der Waals surface area contributed by atoms with Crippen molar-refractivity contribution in [2.75, 3.05) is 47.5 Å². The summed E-state index contributed by atoms with van der Waals surface area (Å²) in [6.45, 7) is 3.90. The minimum Gasteiger partial charge on any atom is -0.756 e. The monoisotopic (exact) mass is 872 g/mol. The maximum absolute atomic E-state index is 12.7. The minimum absolute atomic E-state index is 0.0691. The number of carbonyl (C=O) groups excluding carboxylic acids is 2. The highest BCUT2D eigenvalue weighted by molar-refractivity contribution is 7.45. The van der Waals surface area contributed by atoms with Crippen LogP contribution in [0, 0.1) is 0 Å². The average molecular weight is 872 g/mol. The molecule has 0 amide bonds. The number of allylic oxidation sites excluding steroid dienone is 16. The van der Waals surface area contributed by atoms with Crippen LogP contribution in [0.1, 0.15) is 136 Å². The molecule has 0 aliphatic heterocycles. The Labute approximate surface area is 370 Å². The zero-order chi connectivity index (χ0) is 45.1. The Morgan fingerprint density at radius 2 is 1.11 bits per heavy atom. The fourth-order valence-corrected chi connectivity index (χ4v) is 5.97. The van der Waals surface area contributed by atoms with Gasteiger partial charge in [-0.2, -0.15) is 0 Å². The molecule has 1 unspecified atom stereocenters. The number of rotatable bonds is 39. The highest BCUT2D eigenvalue weighted by Gasteiger charge is 2.21. The molecule has 346 valence electrons. The normalized spacial score (nSPS) is 15.1. The van der Waals surface area contributed by atoms with Gasteiger partial charge in [-0.15, -0.1) is 0 Å². The van der Waals surface area contributed by atoms with Crippen molar-refractivity contribution < 1.29 is 47.2 Å². The van der Waals surface area contributed by atoms with E-state index in [0.29, 0.717) is 36.7 Å². The molecule has 0 spiro atoms. The molecule has 0 aliphatic carbocycles. The first-order valence-corrected chi connectivity index (χ1v) is 24.2. The lowest BCUT2D eigenvalue weighted by Gasteiger charge is -2.28. The third kappa shape index (κ3) is 44.5. The number of hydrogen-bond donors (Lipinski definition) is 1. The molecule has 0 aromatic rings. The number of hydrogen-bond acceptors (Lipinski definition) is 9. The summed E-state index contributed by atoms with van der Waals surface area (Å²) < 4.78 is 33.7. The zero-order valence-electron chi connectivity index (χ0n) is 38.4. The Morgan fingerprint density at radius 1 is 0.607 bits per heavy atom. The molecule has 61 heavy (non-hydrogen) atoms. The van der Waals surface area contributed by atoms with E-state index in [9.17, 15) is 24.2 Å². The van der Waals surface area contributed by atoms with Crippen LogP contribution in [0.15, 0.2) is 109 Å². The lowest BCUT2D eigenvalue weighted by Crippen LogP contribution is -2.37. The standard InChI is InChI=1S/C50H82NO9P/c1-6-8-10-12-14-15-16-17-18-19-20-21-22-23-24-25-30-34-38-42-50(54)60-48(46-59-61(55,56)58-44-43-51(3,4)5)45-57-49(53)41-37-33-29-27-26-28-32-36-40-47(52)39-35-31-13-11-9-7-2/h14-15,17-18,20-21,23-24,27-32,34-36,40,47-48,52H,6-13,16,19,22,25-26,33,37-39,41-46H2,1-5H3/b15-14-,18-17-,21-20-,24-23-,29-27-,32-28-,34-30-,35-31-,40-36+/t47-,48-/m1/s1. The number of nitrogens with zero attached hydrogens (tertiary/aromatic N) is 1. The second kappa shape index (κ2) is 40.7. The maximum atomic E-state index is 12.7. The molecule has 3 atom stereocenters. The fraction of sp³-hybridized carbons (Fsp3) is 0.600. The number of phosphoric ester groups is 1. The largest absolute Gasteiger partial charge is 0.756 e. The van der Waals surface area contributed by atoms with Gasteiger partial charge in [0.15, 0.2) is 6.10 Å². The molecule has 0 heterocycles. The molecule has 0 saturated carbocycles. The van der Waals surface area contributed by atoms with Crippen LogP contribution in [0.25, 0.3) is 0 Å². The molecule has 0 aromatic heterocycles.